The van der Waals surface area contributed by atoms with Gasteiger partial charge in [0, 0.05) is 6.04 Å². The number of anilines is 1. The van der Waals surface area contributed by atoms with Crippen molar-refractivity contribution >= 4 is 5.69 Å². The lowest BCUT2D eigenvalue weighted by Gasteiger charge is -2.16. The summed E-state index contributed by atoms with van der Waals surface area (Å²) in [5.41, 5.74) is 1.08. The maximum atomic E-state index is 13.0. The van der Waals surface area contributed by atoms with E-state index in [1.807, 2.05) is 6.07 Å². The first-order chi connectivity index (χ1) is 8.52. The highest BCUT2D eigenvalue weighted by Crippen LogP contribution is 2.18. The van der Waals surface area contributed by atoms with E-state index in [2.05, 4.69) is 26.1 Å². The van der Waals surface area contributed by atoms with Gasteiger partial charge in [0.25, 0.3) is 0 Å². The molecule has 2 nitrogen and oxygen atoms in total. The highest BCUT2D eigenvalue weighted by Gasteiger charge is 2.07. The Morgan fingerprint density at radius 1 is 1.28 bits per heavy atom. The molecule has 3 heteroatoms. The molecule has 18 heavy (non-hydrogen) atoms. The van der Waals surface area contributed by atoms with Gasteiger partial charge in [-0.2, -0.15) is 5.26 Å². The van der Waals surface area contributed by atoms with E-state index in [-0.39, 0.29) is 5.82 Å². The smallest absolute Gasteiger partial charge is 0.124 e. The van der Waals surface area contributed by atoms with Crippen molar-refractivity contribution < 1.29 is 4.39 Å². The van der Waals surface area contributed by atoms with E-state index in [1.165, 1.54) is 18.6 Å². The average molecular weight is 248 g/mol. The molecule has 0 spiro atoms. The van der Waals surface area contributed by atoms with Gasteiger partial charge in [-0.15, -0.1) is 0 Å². The molecule has 1 rings (SSSR count). The van der Waals surface area contributed by atoms with Crippen LogP contribution in [-0.4, -0.2) is 6.04 Å². The molecule has 1 unspecified atom stereocenters. The molecule has 1 aromatic rings. The Hall–Kier alpha value is -1.56. The number of nitriles is 1. The Morgan fingerprint density at radius 3 is 2.61 bits per heavy atom. The average Bonchev–Trinajstić information content (AvgIpc) is 2.31. The highest BCUT2D eigenvalue weighted by atomic mass is 19.1. The molecule has 1 atom stereocenters. The van der Waals surface area contributed by atoms with Crippen molar-refractivity contribution in [1.82, 2.24) is 0 Å². The van der Waals surface area contributed by atoms with Gasteiger partial charge in [-0.3, -0.25) is 0 Å². The van der Waals surface area contributed by atoms with Gasteiger partial charge < -0.3 is 5.32 Å². The molecule has 0 aliphatic heterocycles. The quantitative estimate of drug-likeness (QED) is 0.813. The number of halogens is 1. The van der Waals surface area contributed by atoms with Crippen molar-refractivity contribution in [3.8, 4) is 6.07 Å². The summed E-state index contributed by atoms with van der Waals surface area (Å²) in [5, 5.41) is 12.2. The fraction of sp³-hybridized carbons (Fsp3) is 0.533. The van der Waals surface area contributed by atoms with Gasteiger partial charge in [0.05, 0.1) is 11.3 Å². The van der Waals surface area contributed by atoms with Crippen LogP contribution in [0.2, 0.25) is 0 Å². The van der Waals surface area contributed by atoms with Crippen LogP contribution in [0.15, 0.2) is 18.2 Å². The fourth-order valence-electron chi connectivity index (χ4n) is 1.90. The van der Waals surface area contributed by atoms with E-state index in [1.54, 1.807) is 6.07 Å². The van der Waals surface area contributed by atoms with Gasteiger partial charge in [0.1, 0.15) is 11.9 Å². The van der Waals surface area contributed by atoms with Crippen molar-refractivity contribution in [1.29, 1.82) is 5.26 Å². The van der Waals surface area contributed by atoms with Crippen LogP contribution in [0.3, 0.4) is 0 Å². The first-order valence-corrected chi connectivity index (χ1v) is 6.49. The third-order valence-electron chi connectivity index (χ3n) is 2.92. The number of nitrogens with one attached hydrogen (secondary N) is 1. The SMILES string of the molecule is CC(C)CCCC(C)Nc1ccc(F)cc1C#N. The lowest BCUT2D eigenvalue weighted by Crippen LogP contribution is -2.16. The largest absolute Gasteiger partial charge is 0.382 e. The molecule has 0 amide bonds. The van der Waals surface area contributed by atoms with Crippen molar-refractivity contribution in [2.45, 2.75) is 46.1 Å². The second-order valence-electron chi connectivity index (χ2n) is 5.17. The standard InChI is InChI=1S/C15H21FN2/c1-11(2)5-4-6-12(3)18-15-8-7-14(16)9-13(15)10-17/h7-9,11-12,18H,4-6H2,1-3H3. The Balaban J connectivity index is 2.54. The third-order valence-corrected chi connectivity index (χ3v) is 2.92. The molecule has 0 aliphatic rings. The number of rotatable bonds is 6. The molecular formula is C15H21FN2. The van der Waals surface area contributed by atoms with Crippen molar-refractivity contribution in [3.05, 3.63) is 29.6 Å². The number of benzene rings is 1. The van der Waals surface area contributed by atoms with Gasteiger partial charge in [0.2, 0.25) is 0 Å². The monoisotopic (exact) mass is 248 g/mol. The molecule has 1 aromatic carbocycles. The van der Waals surface area contributed by atoms with Crippen molar-refractivity contribution in [2.24, 2.45) is 5.92 Å². The summed E-state index contributed by atoms with van der Waals surface area (Å²) in [4.78, 5) is 0. The topological polar surface area (TPSA) is 35.8 Å². The minimum Gasteiger partial charge on any atom is -0.382 e. The molecular weight excluding hydrogens is 227 g/mol. The molecule has 1 N–H and O–H groups in total. The first kappa shape index (κ1) is 14.5. The third kappa shape index (κ3) is 4.75. The number of hydrogen-bond acceptors (Lipinski definition) is 2. The van der Waals surface area contributed by atoms with E-state index in [0.717, 1.165) is 24.4 Å². The predicted octanol–water partition coefficient (Wildman–Crippen LogP) is 4.32. The van der Waals surface area contributed by atoms with E-state index in [0.29, 0.717) is 11.6 Å². The van der Waals surface area contributed by atoms with Crippen molar-refractivity contribution in [2.75, 3.05) is 5.32 Å². The first-order valence-electron chi connectivity index (χ1n) is 6.49. The predicted molar refractivity (Wildman–Crippen MR) is 72.9 cm³/mol. The summed E-state index contributed by atoms with van der Waals surface area (Å²) in [6, 6.07) is 6.58. The normalized spacial score (nSPS) is 12.2. The second kappa shape index (κ2) is 7.00. The molecule has 0 aromatic heterocycles. The Morgan fingerprint density at radius 2 is 2.00 bits per heavy atom. The number of nitrogens with zero attached hydrogens (tertiary/aromatic N) is 1. The van der Waals surface area contributed by atoms with Crippen LogP contribution in [0.1, 0.15) is 45.6 Å². The lowest BCUT2D eigenvalue weighted by atomic mass is 10.0. The molecule has 0 radical (unpaired) electrons. The zero-order valence-corrected chi connectivity index (χ0v) is 11.3. The van der Waals surface area contributed by atoms with E-state index in [4.69, 9.17) is 5.26 Å². The molecule has 0 aliphatic carbocycles. The van der Waals surface area contributed by atoms with Crippen LogP contribution in [0.4, 0.5) is 10.1 Å². The molecule has 0 saturated heterocycles. The zero-order valence-electron chi connectivity index (χ0n) is 11.3. The summed E-state index contributed by atoms with van der Waals surface area (Å²) in [6.07, 6.45) is 3.43. The zero-order chi connectivity index (χ0) is 13.5. The molecule has 0 fully saturated rings. The highest BCUT2D eigenvalue weighted by molar-refractivity contribution is 5.57. The summed E-state index contributed by atoms with van der Waals surface area (Å²) in [5.74, 6) is 0.349. The van der Waals surface area contributed by atoms with Gasteiger partial charge in [-0.1, -0.05) is 26.7 Å². The van der Waals surface area contributed by atoms with Crippen LogP contribution in [0.5, 0.6) is 0 Å². The van der Waals surface area contributed by atoms with Crippen LogP contribution in [0, 0.1) is 23.1 Å². The van der Waals surface area contributed by atoms with Crippen LogP contribution < -0.4 is 5.32 Å². The molecule has 0 saturated carbocycles. The van der Waals surface area contributed by atoms with Crippen LogP contribution in [0.25, 0.3) is 0 Å². The maximum Gasteiger partial charge on any atom is 0.124 e. The summed E-state index contributed by atoms with van der Waals surface area (Å²) < 4.78 is 13.0. The minimum absolute atomic E-state index is 0.293. The van der Waals surface area contributed by atoms with Crippen LogP contribution in [-0.2, 0) is 0 Å². The van der Waals surface area contributed by atoms with Gasteiger partial charge >= 0.3 is 0 Å². The fourth-order valence-corrected chi connectivity index (χ4v) is 1.90. The molecule has 98 valence electrons. The lowest BCUT2D eigenvalue weighted by molar-refractivity contribution is 0.520. The van der Waals surface area contributed by atoms with E-state index >= 15 is 0 Å². The van der Waals surface area contributed by atoms with E-state index in [9.17, 15) is 4.39 Å². The van der Waals surface area contributed by atoms with Gasteiger partial charge in [0.15, 0.2) is 0 Å². The van der Waals surface area contributed by atoms with Gasteiger partial charge in [-0.05, 0) is 37.5 Å². The summed E-state index contributed by atoms with van der Waals surface area (Å²) >= 11 is 0. The maximum absolute atomic E-state index is 13.0. The molecule has 0 bridgehead atoms. The second-order valence-corrected chi connectivity index (χ2v) is 5.17. The van der Waals surface area contributed by atoms with Crippen molar-refractivity contribution in [3.63, 3.8) is 0 Å². The molecule has 0 heterocycles. The van der Waals surface area contributed by atoms with Gasteiger partial charge in [-0.25, -0.2) is 4.39 Å². The number of hydrogen-bond donors (Lipinski definition) is 1. The summed E-state index contributed by atoms with van der Waals surface area (Å²) in [7, 11) is 0. The Labute approximate surface area is 109 Å². The summed E-state index contributed by atoms with van der Waals surface area (Å²) in [6.45, 7) is 6.52. The minimum atomic E-state index is -0.371. The Bertz CT molecular complexity index is 421. The van der Waals surface area contributed by atoms with E-state index < -0.39 is 0 Å². The Kier molecular flexibility index (Phi) is 5.64. The van der Waals surface area contributed by atoms with Crippen LogP contribution >= 0.6 is 0 Å².